The Morgan fingerprint density at radius 2 is 1.73 bits per heavy atom. The highest BCUT2D eigenvalue weighted by Crippen LogP contribution is 2.24. The SMILES string of the molecule is CC(C)C[C@@H](C)c1ccc([N+](=O)[O-])cc1. The molecule has 0 heterocycles. The van der Waals surface area contributed by atoms with Crippen LogP contribution in [0.25, 0.3) is 0 Å². The van der Waals surface area contributed by atoms with Gasteiger partial charge in [0.1, 0.15) is 0 Å². The second-order valence-electron chi connectivity index (χ2n) is 4.38. The van der Waals surface area contributed by atoms with Gasteiger partial charge < -0.3 is 0 Å². The van der Waals surface area contributed by atoms with Crippen LogP contribution in [0.4, 0.5) is 5.69 Å². The van der Waals surface area contributed by atoms with Crippen molar-refractivity contribution < 1.29 is 4.92 Å². The van der Waals surface area contributed by atoms with Gasteiger partial charge in [0.2, 0.25) is 0 Å². The summed E-state index contributed by atoms with van der Waals surface area (Å²) < 4.78 is 0. The number of nitro benzene ring substituents is 1. The Hall–Kier alpha value is -1.38. The largest absolute Gasteiger partial charge is 0.269 e. The molecule has 0 aromatic heterocycles. The molecule has 0 saturated heterocycles. The lowest BCUT2D eigenvalue weighted by atomic mass is 9.92. The van der Waals surface area contributed by atoms with Crippen molar-refractivity contribution in [2.45, 2.75) is 33.1 Å². The Balaban J connectivity index is 2.75. The molecule has 0 radical (unpaired) electrons. The molecule has 0 fully saturated rings. The number of benzene rings is 1. The van der Waals surface area contributed by atoms with E-state index < -0.39 is 0 Å². The first-order valence-corrected chi connectivity index (χ1v) is 5.25. The van der Waals surface area contributed by atoms with E-state index in [1.165, 1.54) is 5.56 Å². The first-order valence-electron chi connectivity index (χ1n) is 5.25. The zero-order chi connectivity index (χ0) is 11.4. The van der Waals surface area contributed by atoms with E-state index in [2.05, 4.69) is 20.8 Å². The summed E-state index contributed by atoms with van der Waals surface area (Å²) in [5, 5.41) is 10.5. The smallest absolute Gasteiger partial charge is 0.258 e. The highest BCUT2D eigenvalue weighted by atomic mass is 16.6. The van der Waals surface area contributed by atoms with Gasteiger partial charge in [-0.05, 0) is 23.8 Å². The van der Waals surface area contributed by atoms with Gasteiger partial charge in [-0.15, -0.1) is 0 Å². The highest BCUT2D eigenvalue weighted by Gasteiger charge is 2.10. The maximum atomic E-state index is 10.5. The third-order valence-electron chi connectivity index (χ3n) is 2.50. The first-order chi connectivity index (χ1) is 7.00. The third-order valence-corrected chi connectivity index (χ3v) is 2.50. The molecule has 1 atom stereocenters. The summed E-state index contributed by atoms with van der Waals surface area (Å²) in [6, 6.07) is 6.86. The highest BCUT2D eigenvalue weighted by molar-refractivity contribution is 5.34. The lowest BCUT2D eigenvalue weighted by molar-refractivity contribution is -0.384. The monoisotopic (exact) mass is 207 g/mol. The van der Waals surface area contributed by atoms with E-state index in [1.54, 1.807) is 12.1 Å². The quantitative estimate of drug-likeness (QED) is 0.557. The average molecular weight is 207 g/mol. The van der Waals surface area contributed by atoms with E-state index in [0.29, 0.717) is 11.8 Å². The zero-order valence-electron chi connectivity index (χ0n) is 9.43. The second kappa shape index (κ2) is 4.91. The molecule has 0 bridgehead atoms. The molecule has 0 N–H and O–H groups in total. The summed E-state index contributed by atoms with van der Waals surface area (Å²) in [4.78, 5) is 10.1. The zero-order valence-corrected chi connectivity index (χ0v) is 9.43. The van der Waals surface area contributed by atoms with Gasteiger partial charge in [-0.3, -0.25) is 10.1 Å². The van der Waals surface area contributed by atoms with Gasteiger partial charge in [-0.1, -0.05) is 32.9 Å². The van der Waals surface area contributed by atoms with Crippen molar-refractivity contribution in [3.8, 4) is 0 Å². The molecule has 1 rings (SSSR count). The Morgan fingerprint density at radius 1 is 1.20 bits per heavy atom. The molecule has 15 heavy (non-hydrogen) atoms. The van der Waals surface area contributed by atoms with Gasteiger partial charge in [0.15, 0.2) is 0 Å². The Kier molecular flexibility index (Phi) is 3.83. The molecular formula is C12H17NO2. The summed E-state index contributed by atoms with van der Waals surface area (Å²) in [5.74, 6) is 1.11. The van der Waals surface area contributed by atoms with Crippen LogP contribution < -0.4 is 0 Å². The molecular weight excluding hydrogens is 190 g/mol. The van der Waals surface area contributed by atoms with Crippen molar-refractivity contribution in [2.24, 2.45) is 5.92 Å². The lowest BCUT2D eigenvalue weighted by Gasteiger charge is -2.13. The Morgan fingerprint density at radius 3 is 2.13 bits per heavy atom. The fraction of sp³-hybridized carbons (Fsp3) is 0.500. The van der Waals surface area contributed by atoms with Gasteiger partial charge in [-0.25, -0.2) is 0 Å². The van der Waals surface area contributed by atoms with Crippen molar-refractivity contribution in [3.05, 3.63) is 39.9 Å². The molecule has 0 amide bonds. The maximum Gasteiger partial charge on any atom is 0.269 e. The van der Waals surface area contributed by atoms with Gasteiger partial charge in [-0.2, -0.15) is 0 Å². The number of rotatable bonds is 4. The molecule has 82 valence electrons. The van der Waals surface area contributed by atoms with Gasteiger partial charge >= 0.3 is 0 Å². The van der Waals surface area contributed by atoms with Crippen molar-refractivity contribution in [1.82, 2.24) is 0 Å². The number of hydrogen-bond acceptors (Lipinski definition) is 2. The predicted molar refractivity (Wildman–Crippen MR) is 61.0 cm³/mol. The summed E-state index contributed by atoms with van der Waals surface area (Å²) in [7, 11) is 0. The molecule has 0 aliphatic carbocycles. The summed E-state index contributed by atoms with van der Waals surface area (Å²) >= 11 is 0. The Labute approximate surface area is 90.3 Å². The fourth-order valence-electron chi connectivity index (χ4n) is 1.77. The van der Waals surface area contributed by atoms with E-state index >= 15 is 0 Å². The van der Waals surface area contributed by atoms with Crippen LogP contribution in [0.1, 0.15) is 38.7 Å². The molecule has 0 aliphatic heterocycles. The fourth-order valence-corrected chi connectivity index (χ4v) is 1.77. The van der Waals surface area contributed by atoms with Crippen molar-refractivity contribution in [3.63, 3.8) is 0 Å². The molecule has 0 unspecified atom stereocenters. The number of nitro groups is 1. The van der Waals surface area contributed by atoms with E-state index in [0.717, 1.165) is 6.42 Å². The second-order valence-corrected chi connectivity index (χ2v) is 4.38. The number of hydrogen-bond donors (Lipinski definition) is 0. The maximum absolute atomic E-state index is 10.5. The minimum atomic E-state index is -0.364. The van der Waals surface area contributed by atoms with Crippen LogP contribution in [0, 0.1) is 16.0 Å². The van der Waals surface area contributed by atoms with Crippen LogP contribution >= 0.6 is 0 Å². The molecule has 0 saturated carbocycles. The molecule has 1 aromatic carbocycles. The third kappa shape index (κ3) is 3.35. The molecule has 3 heteroatoms. The average Bonchev–Trinajstić information content (AvgIpc) is 2.17. The molecule has 0 spiro atoms. The summed E-state index contributed by atoms with van der Waals surface area (Å²) in [6.45, 7) is 6.52. The summed E-state index contributed by atoms with van der Waals surface area (Å²) in [5.41, 5.74) is 1.34. The van der Waals surface area contributed by atoms with E-state index in [1.807, 2.05) is 12.1 Å². The van der Waals surface area contributed by atoms with Gasteiger partial charge in [0, 0.05) is 12.1 Å². The normalized spacial score (nSPS) is 12.8. The minimum Gasteiger partial charge on any atom is -0.258 e. The number of non-ortho nitro benzene ring substituents is 1. The standard InChI is InChI=1S/C12H17NO2/c1-9(2)8-10(3)11-4-6-12(7-5-11)13(14)15/h4-7,9-10H,8H2,1-3H3/t10-/m1/s1. The lowest BCUT2D eigenvalue weighted by Crippen LogP contribution is -1.99. The van der Waals surface area contributed by atoms with Crippen molar-refractivity contribution in [2.75, 3.05) is 0 Å². The van der Waals surface area contributed by atoms with E-state index in [9.17, 15) is 10.1 Å². The van der Waals surface area contributed by atoms with E-state index in [4.69, 9.17) is 0 Å². The summed E-state index contributed by atoms with van der Waals surface area (Å²) in [6.07, 6.45) is 1.11. The molecule has 3 nitrogen and oxygen atoms in total. The van der Waals surface area contributed by atoms with Crippen LogP contribution in [-0.4, -0.2) is 4.92 Å². The van der Waals surface area contributed by atoms with Crippen molar-refractivity contribution >= 4 is 5.69 Å². The molecule has 0 aliphatic rings. The Bertz CT molecular complexity index is 330. The molecule has 1 aromatic rings. The minimum absolute atomic E-state index is 0.162. The van der Waals surface area contributed by atoms with Gasteiger partial charge in [0.05, 0.1) is 4.92 Å². The number of nitrogens with zero attached hydrogens (tertiary/aromatic N) is 1. The topological polar surface area (TPSA) is 43.1 Å². The van der Waals surface area contributed by atoms with Crippen molar-refractivity contribution in [1.29, 1.82) is 0 Å². The van der Waals surface area contributed by atoms with Crippen LogP contribution in [0.2, 0.25) is 0 Å². The van der Waals surface area contributed by atoms with Crippen LogP contribution in [0.15, 0.2) is 24.3 Å². The van der Waals surface area contributed by atoms with Gasteiger partial charge in [0.25, 0.3) is 5.69 Å². The van der Waals surface area contributed by atoms with E-state index in [-0.39, 0.29) is 10.6 Å². The first kappa shape index (κ1) is 11.7. The van der Waals surface area contributed by atoms with Crippen LogP contribution in [-0.2, 0) is 0 Å². The van der Waals surface area contributed by atoms with Crippen LogP contribution in [0.3, 0.4) is 0 Å². The van der Waals surface area contributed by atoms with Crippen LogP contribution in [0.5, 0.6) is 0 Å². The predicted octanol–water partition coefficient (Wildman–Crippen LogP) is 3.74.